The van der Waals surface area contributed by atoms with Gasteiger partial charge in [-0.15, -0.1) is 0 Å². The fraction of sp³-hybridized carbons (Fsp3) is 0.318. The summed E-state index contributed by atoms with van der Waals surface area (Å²) in [5.74, 6) is 1.28. The van der Waals surface area contributed by atoms with E-state index < -0.39 is 12.3 Å². The van der Waals surface area contributed by atoms with Crippen LogP contribution in [0, 0.1) is 11.8 Å². The highest BCUT2D eigenvalue weighted by Crippen LogP contribution is 2.50. The standard InChI is InChI=1S/C22H23BrN6O3/c23-17-6-3-7-18(26-17)27-20(30)19-14-10-12(14)8-9-28(19)22(32)25-15-11-29(21(24)31)16-5-2-1-4-13(15)16/h1-7,11-12,14,19-20,30H,8-10H2,(H2,24,31)(H,25,32)(H,26,27)/t12?,14-,19-,20?/m0/s1. The molecule has 32 heavy (non-hydrogen) atoms. The number of aliphatic hydroxyl groups is 1. The third-order valence-electron chi connectivity index (χ3n) is 6.30. The van der Waals surface area contributed by atoms with Gasteiger partial charge in [-0.3, -0.25) is 4.57 Å². The Kier molecular flexibility index (Phi) is 5.26. The molecule has 2 aromatic heterocycles. The zero-order chi connectivity index (χ0) is 22.4. The zero-order valence-electron chi connectivity index (χ0n) is 17.1. The van der Waals surface area contributed by atoms with Crippen molar-refractivity contribution in [2.75, 3.05) is 17.2 Å². The van der Waals surface area contributed by atoms with E-state index in [0.717, 1.165) is 18.2 Å². The Hall–Kier alpha value is -3.11. The van der Waals surface area contributed by atoms with Gasteiger partial charge in [-0.1, -0.05) is 24.3 Å². The lowest BCUT2D eigenvalue weighted by Crippen LogP contribution is -2.55. The minimum absolute atomic E-state index is 0.233. The van der Waals surface area contributed by atoms with E-state index >= 15 is 0 Å². The fourth-order valence-corrected chi connectivity index (χ4v) is 5.07. The number of anilines is 2. The molecule has 1 aromatic carbocycles. The number of aliphatic hydroxyl groups excluding tert-OH is 1. The van der Waals surface area contributed by atoms with E-state index in [0.29, 0.717) is 34.1 Å². The van der Waals surface area contributed by atoms with Gasteiger partial charge in [-0.25, -0.2) is 14.6 Å². The normalized spacial score (nSPS) is 22.8. The Labute approximate surface area is 192 Å². The van der Waals surface area contributed by atoms with E-state index in [2.05, 4.69) is 31.5 Å². The quantitative estimate of drug-likeness (QED) is 0.324. The number of urea groups is 1. The van der Waals surface area contributed by atoms with Crippen molar-refractivity contribution in [1.29, 1.82) is 0 Å². The van der Waals surface area contributed by atoms with Crippen molar-refractivity contribution in [3.8, 4) is 0 Å². The van der Waals surface area contributed by atoms with Crippen molar-refractivity contribution in [2.24, 2.45) is 17.6 Å². The molecule has 5 N–H and O–H groups in total. The maximum Gasteiger partial charge on any atom is 0.323 e. The van der Waals surface area contributed by atoms with Crippen molar-refractivity contribution < 1.29 is 14.7 Å². The number of benzene rings is 1. The summed E-state index contributed by atoms with van der Waals surface area (Å²) < 4.78 is 1.97. The number of halogens is 1. The number of hydrogen-bond donors (Lipinski definition) is 4. The summed E-state index contributed by atoms with van der Waals surface area (Å²) in [5.41, 5.74) is 6.60. The number of rotatable bonds is 4. The second kappa shape index (κ2) is 8.10. The molecule has 3 heterocycles. The first-order valence-corrected chi connectivity index (χ1v) is 11.3. The molecule has 166 valence electrons. The lowest BCUT2D eigenvalue weighted by atomic mass is 10.0. The van der Waals surface area contributed by atoms with Gasteiger partial charge in [0.1, 0.15) is 16.6 Å². The Bertz CT molecular complexity index is 1200. The summed E-state index contributed by atoms with van der Waals surface area (Å²) in [5, 5.41) is 17.7. The van der Waals surface area contributed by atoms with Gasteiger partial charge in [0.05, 0.1) is 17.2 Å². The summed E-state index contributed by atoms with van der Waals surface area (Å²) in [4.78, 5) is 31.1. The molecular formula is C22H23BrN6O3. The summed E-state index contributed by atoms with van der Waals surface area (Å²) in [6, 6.07) is 11.3. The van der Waals surface area contributed by atoms with Gasteiger partial charge in [-0.05, 0) is 58.8 Å². The van der Waals surface area contributed by atoms with Gasteiger partial charge in [-0.2, -0.15) is 0 Å². The van der Waals surface area contributed by atoms with Crippen molar-refractivity contribution >= 4 is 50.4 Å². The average molecular weight is 499 g/mol. The van der Waals surface area contributed by atoms with Crippen LogP contribution in [0.25, 0.3) is 10.9 Å². The number of amides is 3. The van der Waals surface area contributed by atoms with Crippen LogP contribution in [-0.2, 0) is 0 Å². The lowest BCUT2D eigenvalue weighted by Gasteiger charge is -2.38. The first-order valence-electron chi connectivity index (χ1n) is 10.5. The van der Waals surface area contributed by atoms with Gasteiger partial charge in [0.15, 0.2) is 0 Å². The van der Waals surface area contributed by atoms with E-state index in [9.17, 15) is 14.7 Å². The lowest BCUT2D eigenvalue weighted by molar-refractivity contribution is 0.0578. The highest BCUT2D eigenvalue weighted by Gasteiger charge is 2.52. The number of carbonyl (C=O) groups is 2. The fourth-order valence-electron chi connectivity index (χ4n) is 4.72. The molecule has 2 aliphatic rings. The van der Waals surface area contributed by atoms with Crippen molar-refractivity contribution in [1.82, 2.24) is 14.5 Å². The molecule has 2 fully saturated rings. The highest BCUT2D eigenvalue weighted by atomic mass is 79.9. The van der Waals surface area contributed by atoms with Crippen LogP contribution in [0.4, 0.5) is 21.1 Å². The molecule has 5 rings (SSSR count). The van der Waals surface area contributed by atoms with Gasteiger partial charge in [0.25, 0.3) is 0 Å². The molecular weight excluding hydrogens is 476 g/mol. The molecule has 1 aliphatic carbocycles. The number of hydrogen-bond acceptors (Lipinski definition) is 5. The molecule has 0 radical (unpaired) electrons. The van der Waals surface area contributed by atoms with Crippen LogP contribution in [-0.4, -0.2) is 50.4 Å². The molecule has 3 amide bonds. The molecule has 2 unspecified atom stereocenters. The number of pyridine rings is 1. The second-order valence-electron chi connectivity index (χ2n) is 8.27. The summed E-state index contributed by atoms with van der Waals surface area (Å²) >= 11 is 3.33. The number of likely N-dealkylation sites (tertiary alicyclic amines) is 1. The number of nitrogens with two attached hydrogens (primary N) is 1. The van der Waals surface area contributed by atoms with E-state index in [1.807, 2.05) is 18.2 Å². The smallest absolute Gasteiger partial charge is 0.323 e. The minimum Gasteiger partial charge on any atom is -0.372 e. The van der Waals surface area contributed by atoms with Crippen LogP contribution in [0.2, 0.25) is 0 Å². The molecule has 0 spiro atoms. The SMILES string of the molecule is NC(=O)n1cc(NC(=O)N2CCC3C[C@@H]3[C@H]2C(O)Nc2cccc(Br)n2)c2ccccc21. The Morgan fingerprint density at radius 3 is 2.81 bits per heavy atom. The number of fused-ring (bicyclic) bond motifs is 2. The first kappa shape index (κ1) is 20.8. The predicted molar refractivity (Wildman–Crippen MR) is 124 cm³/mol. The highest BCUT2D eigenvalue weighted by molar-refractivity contribution is 9.10. The van der Waals surface area contributed by atoms with Crippen LogP contribution >= 0.6 is 15.9 Å². The molecule has 10 heteroatoms. The van der Waals surface area contributed by atoms with Gasteiger partial charge >= 0.3 is 12.1 Å². The number of piperidine rings is 1. The van der Waals surface area contributed by atoms with Crippen LogP contribution in [0.5, 0.6) is 0 Å². The average Bonchev–Trinajstić information content (AvgIpc) is 3.47. The number of aromatic nitrogens is 2. The number of nitrogens with zero attached hydrogens (tertiary/aromatic N) is 3. The molecule has 1 saturated carbocycles. The van der Waals surface area contributed by atoms with Crippen molar-refractivity contribution in [3.05, 3.63) is 53.3 Å². The summed E-state index contributed by atoms with van der Waals surface area (Å²) in [6.45, 7) is 0.538. The summed E-state index contributed by atoms with van der Waals surface area (Å²) in [7, 11) is 0. The van der Waals surface area contributed by atoms with Crippen LogP contribution in [0.15, 0.2) is 53.3 Å². The van der Waals surface area contributed by atoms with Crippen molar-refractivity contribution in [3.63, 3.8) is 0 Å². The van der Waals surface area contributed by atoms with Crippen LogP contribution in [0.1, 0.15) is 12.8 Å². The third kappa shape index (κ3) is 3.80. The minimum atomic E-state index is -0.968. The topological polar surface area (TPSA) is 126 Å². The molecule has 1 aliphatic heterocycles. The summed E-state index contributed by atoms with van der Waals surface area (Å²) in [6.07, 6.45) is 2.45. The maximum absolute atomic E-state index is 13.3. The number of para-hydroxylation sites is 1. The third-order valence-corrected chi connectivity index (χ3v) is 6.74. The van der Waals surface area contributed by atoms with Gasteiger partial charge in [0.2, 0.25) is 0 Å². The Morgan fingerprint density at radius 1 is 1.22 bits per heavy atom. The second-order valence-corrected chi connectivity index (χ2v) is 9.08. The van der Waals surface area contributed by atoms with Crippen LogP contribution < -0.4 is 16.4 Å². The Morgan fingerprint density at radius 2 is 2.03 bits per heavy atom. The molecule has 1 saturated heterocycles. The molecule has 9 nitrogen and oxygen atoms in total. The van der Waals surface area contributed by atoms with Gasteiger partial charge < -0.3 is 26.4 Å². The van der Waals surface area contributed by atoms with E-state index in [-0.39, 0.29) is 18.0 Å². The number of primary amides is 1. The maximum atomic E-state index is 13.3. The monoisotopic (exact) mass is 498 g/mol. The van der Waals surface area contributed by atoms with E-state index in [1.54, 1.807) is 29.2 Å². The number of nitrogens with one attached hydrogen (secondary N) is 2. The molecule has 4 atom stereocenters. The Balaban J connectivity index is 1.39. The molecule has 3 aromatic rings. The van der Waals surface area contributed by atoms with Crippen LogP contribution in [0.3, 0.4) is 0 Å². The predicted octanol–water partition coefficient (Wildman–Crippen LogP) is 3.40. The van der Waals surface area contributed by atoms with E-state index in [4.69, 9.17) is 5.73 Å². The largest absolute Gasteiger partial charge is 0.372 e. The zero-order valence-corrected chi connectivity index (χ0v) is 18.7. The first-order chi connectivity index (χ1) is 15.4. The van der Waals surface area contributed by atoms with Gasteiger partial charge in [0, 0.05) is 18.1 Å². The molecule has 0 bridgehead atoms. The number of carbonyl (C=O) groups excluding carboxylic acids is 2. The van der Waals surface area contributed by atoms with Crippen molar-refractivity contribution in [2.45, 2.75) is 25.1 Å². The van der Waals surface area contributed by atoms with E-state index in [1.165, 1.54) is 10.8 Å².